The van der Waals surface area contributed by atoms with E-state index in [-0.39, 0.29) is 0 Å². The third-order valence-corrected chi connectivity index (χ3v) is 5.15. The van der Waals surface area contributed by atoms with Crippen molar-refractivity contribution in [3.63, 3.8) is 0 Å². The Bertz CT molecular complexity index is 1090. The molecular formula is C23H23N6O+. The van der Waals surface area contributed by atoms with Crippen molar-refractivity contribution >= 4 is 11.9 Å². The van der Waals surface area contributed by atoms with Crippen LogP contribution in [0.3, 0.4) is 0 Å². The summed E-state index contributed by atoms with van der Waals surface area (Å²) in [4.78, 5) is 3.92. The molecular weight excluding hydrogens is 376 g/mol. The average Bonchev–Trinajstić information content (AvgIpc) is 3.00. The number of allylic oxidation sites excluding steroid dienone is 6. The molecule has 2 aromatic rings. The van der Waals surface area contributed by atoms with E-state index in [1.165, 1.54) is 5.06 Å². The number of nitrogens with zero attached hydrogens (tertiary/aromatic N) is 6. The predicted molar refractivity (Wildman–Crippen MR) is 116 cm³/mol. The first-order valence-corrected chi connectivity index (χ1v) is 9.95. The zero-order valence-corrected chi connectivity index (χ0v) is 16.5. The SMILES string of the molecule is ON1CC=CC2=C1N(CC=Cc1ccccc1)c1cnn(N3C=CC=CC=C3)[n+]1C2. The van der Waals surface area contributed by atoms with Gasteiger partial charge in [0, 0.05) is 10.5 Å². The van der Waals surface area contributed by atoms with Gasteiger partial charge >= 0.3 is 0 Å². The van der Waals surface area contributed by atoms with Crippen molar-refractivity contribution in [3.05, 3.63) is 108 Å². The van der Waals surface area contributed by atoms with E-state index in [1.807, 2.05) is 77.1 Å². The quantitative estimate of drug-likeness (QED) is 0.802. The summed E-state index contributed by atoms with van der Waals surface area (Å²) in [5, 5.41) is 18.4. The minimum atomic E-state index is 0.467. The molecule has 0 fully saturated rings. The Balaban J connectivity index is 1.51. The van der Waals surface area contributed by atoms with Crippen LogP contribution in [0.5, 0.6) is 0 Å². The van der Waals surface area contributed by atoms with Crippen LogP contribution in [0.2, 0.25) is 0 Å². The molecule has 3 aliphatic heterocycles. The van der Waals surface area contributed by atoms with Gasteiger partial charge in [0.15, 0.2) is 12.0 Å². The number of fused-ring (bicyclic) bond motifs is 1. The maximum absolute atomic E-state index is 10.6. The standard InChI is InChI=1S/C23H23N6O/c30-28-17-9-13-21-19-27-22(18-24-29(27)25-14-6-1-2-7-15-25)26(23(21)28)16-8-12-20-10-4-3-5-11-20/h1-15,18,30H,16-17,19H2/q+1. The fourth-order valence-corrected chi connectivity index (χ4v) is 3.80. The first-order valence-electron chi connectivity index (χ1n) is 9.95. The van der Waals surface area contributed by atoms with Gasteiger partial charge in [-0.2, -0.15) is 5.01 Å². The molecule has 0 amide bonds. The lowest BCUT2D eigenvalue weighted by Crippen LogP contribution is -2.58. The molecule has 150 valence electrons. The summed E-state index contributed by atoms with van der Waals surface area (Å²) in [7, 11) is 0. The third kappa shape index (κ3) is 3.35. The van der Waals surface area contributed by atoms with Gasteiger partial charge in [-0.3, -0.25) is 10.1 Å². The van der Waals surface area contributed by atoms with E-state index in [0.717, 1.165) is 22.8 Å². The van der Waals surface area contributed by atoms with Crippen LogP contribution in [-0.4, -0.2) is 33.4 Å². The number of aromatic nitrogens is 3. The minimum Gasteiger partial charge on any atom is -0.286 e. The maximum Gasteiger partial charge on any atom is 0.255 e. The van der Waals surface area contributed by atoms with Crippen LogP contribution < -0.4 is 14.6 Å². The molecule has 0 saturated heterocycles. The van der Waals surface area contributed by atoms with Crippen molar-refractivity contribution in [1.29, 1.82) is 0 Å². The molecule has 7 nitrogen and oxygen atoms in total. The molecule has 0 radical (unpaired) electrons. The summed E-state index contributed by atoms with van der Waals surface area (Å²) < 4.78 is 2.10. The average molecular weight is 399 g/mol. The van der Waals surface area contributed by atoms with Crippen molar-refractivity contribution in [2.24, 2.45) is 0 Å². The second-order valence-electron chi connectivity index (χ2n) is 7.13. The molecule has 4 heterocycles. The molecule has 0 saturated carbocycles. The van der Waals surface area contributed by atoms with E-state index in [4.69, 9.17) is 0 Å². The molecule has 5 rings (SSSR count). The first kappa shape index (κ1) is 18.2. The Morgan fingerprint density at radius 2 is 1.87 bits per heavy atom. The Labute approximate surface area is 175 Å². The van der Waals surface area contributed by atoms with E-state index in [2.05, 4.69) is 45.0 Å². The lowest BCUT2D eigenvalue weighted by Gasteiger charge is -2.34. The monoisotopic (exact) mass is 399 g/mol. The summed E-state index contributed by atoms with van der Waals surface area (Å²) in [6.07, 6.45) is 21.9. The smallest absolute Gasteiger partial charge is 0.255 e. The van der Waals surface area contributed by atoms with Gasteiger partial charge in [0.05, 0.1) is 25.5 Å². The molecule has 3 aliphatic rings. The zero-order valence-electron chi connectivity index (χ0n) is 16.5. The van der Waals surface area contributed by atoms with Crippen molar-refractivity contribution < 1.29 is 9.89 Å². The molecule has 1 aromatic heterocycles. The Morgan fingerprint density at radius 1 is 1.07 bits per heavy atom. The Kier molecular flexibility index (Phi) is 4.78. The fraction of sp³-hybridized carbons (Fsp3) is 0.130. The van der Waals surface area contributed by atoms with Crippen LogP contribution in [0.25, 0.3) is 6.08 Å². The lowest BCUT2D eigenvalue weighted by molar-refractivity contribution is -0.761. The highest BCUT2D eigenvalue weighted by atomic mass is 16.5. The number of hydrogen-bond donors (Lipinski definition) is 1. The van der Waals surface area contributed by atoms with Crippen molar-refractivity contribution in [2.45, 2.75) is 6.54 Å². The van der Waals surface area contributed by atoms with E-state index < -0.39 is 0 Å². The molecule has 1 aromatic carbocycles. The third-order valence-electron chi connectivity index (χ3n) is 5.15. The van der Waals surface area contributed by atoms with Crippen molar-refractivity contribution in [2.75, 3.05) is 23.0 Å². The second-order valence-corrected chi connectivity index (χ2v) is 7.13. The normalized spacial score (nSPS) is 17.7. The van der Waals surface area contributed by atoms with Gasteiger partial charge in [0.25, 0.3) is 5.82 Å². The van der Waals surface area contributed by atoms with Crippen LogP contribution in [0.1, 0.15) is 5.56 Å². The van der Waals surface area contributed by atoms with Gasteiger partial charge in [0.2, 0.25) is 0 Å². The summed E-state index contributed by atoms with van der Waals surface area (Å²) in [5.74, 6) is 1.72. The van der Waals surface area contributed by atoms with Gasteiger partial charge in [-0.1, -0.05) is 66.8 Å². The predicted octanol–water partition coefficient (Wildman–Crippen LogP) is 2.71. The molecule has 0 aliphatic carbocycles. The number of hydroxylamine groups is 2. The molecule has 0 atom stereocenters. The molecule has 1 N–H and O–H groups in total. The van der Waals surface area contributed by atoms with Gasteiger partial charge in [-0.05, 0) is 22.8 Å². The summed E-state index contributed by atoms with van der Waals surface area (Å²) >= 11 is 0. The largest absolute Gasteiger partial charge is 0.286 e. The van der Waals surface area contributed by atoms with E-state index in [9.17, 15) is 5.21 Å². The molecule has 0 bridgehead atoms. The van der Waals surface area contributed by atoms with Crippen LogP contribution in [0, 0.1) is 0 Å². The molecule has 0 spiro atoms. The maximum atomic E-state index is 10.6. The minimum absolute atomic E-state index is 0.467. The highest BCUT2D eigenvalue weighted by molar-refractivity contribution is 5.53. The van der Waals surface area contributed by atoms with E-state index >= 15 is 0 Å². The fourth-order valence-electron chi connectivity index (χ4n) is 3.80. The Morgan fingerprint density at radius 3 is 2.67 bits per heavy atom. The summed E-state index contributed by atoms with van der Waals surface area (Å²) in [6.45, 7) is 1.69. The van der Waals surface area contributed by atoms with Crippen LogP contribution in [0.15, 0.2) is 103 Å². The van der Waals surface area contributed by atoms with Crippen LogP contribution >= 0.6 is 0 Å². The highest BCUT2D eigenvalue weighted by Gasteiger charge is 2.36. The molecule has 30 heavy (non-hydrogen) atoms. The number of hydrogen-bond acceptors (Lipinski definition) is 5. The summed E-state index contributed by atoms with van der Waals surface area (Å²) in [5.41, 5.74) is 2.18. The van der Waals surface area contributed by atoms with E-state index in [0.29, 0.717) is 19.6 Å². The van der Waals surface area contributed by atoms with E-state index in [1.54, 1.807) is 0 Å². The molecule has 7 heteroatoms. The lowest BCUT2D eigenvalue weighted by atomic mass is 10.1. The van der Waals surface area contributed by atoms with Gasteiger partial charge in [-0.25, -0.2) is 5.06 Å². The summed E-state index contributed by atoms with van der Waals surface area (Å²) in [6, 6.07) is 10.2. The zero-order chi connectivity index (χ0) is 20.3. The number of rotatable bonds is 4. The second kappa shape index (κ2) is 7.88. The van der Waals surface area contributed by atoms with Gasteiger partial charge in [0.1, 0.15) is 6.54 Å². The van der Waals surface area contributed by atoms with Crippen molar-refractivity contribution in [1.82, 2.24) is 15.1 Å². The van der Waals surface area contributed by atoms with Crippen molar-refractivity contribution in [3.8, 4) is 0 Å². The topological polar surface area (TPSA) is 51.7 Å². The number of anilines is 1. The molecule has 0 unspecified atom stereocenters. The first-order chi connectivity index (χ1) is 14.8. The highest BCUT2D eigenvalue weighted by Crippen LogP contribution is 2.28. The van der Waals surface area contributed by atoms with Crippen LogP contribution in [-0.2, 0) is 6.54 Å². The Hall–Kier alpha value is -3.84. The van der Waals surface area contributed by atoms with Gasteiger partial charge in [-0.15, -0.1) is 4.68 Å². The van der Waals surface area contributed by atoms with Gasteiger partial charge < -0.3 is 0 Å². The van der Waals surface area contributed by atoms with Crippen LogP contribution in [0.4, 0.5) is 5.82 Å². The number of benzene rings is 1.